The van der Waals surface area contributed by atoms with Crippen molar-refractivity contribution in [3.05, 3.63) is 0 Å². The molecule has 1 aliphatic heterocycles. The predicted octanol–water partition coefficient (Wildman–Crippen LogP) is -0.804. The summed E-state index contributed by atoms with van der Waals surface area (Å²) in [6, 6.07) is 1.22. The highest BCUT2D eigenvalue weighted by Gasteiger charge is 2.47. The van der Waals surface area contributed by atoms with Gasteiger partial charge in [0.2, 0.25) is 0 Å². The van der Waals surface area contributed by atoms with E-state index < -0.39 is 24.5 Å². The zero-order valence-electron chi connectivity index (χ0n) is 8.89. The van der Waals surface area contributed by atoms with Gasteiger partial charge in [0.1, 0.15) is 6.04 Å². The first-order valence-corrected chi connectivity index (χ1v) is 5.25. The second-order valence-corrected chi connectivity index (χ2v) is 4.12. The standard InChI is InChI=1S/C9H15BN2O4/c11-6-9(2-1-4-10(15)16)3-5-12-7(9)8(13)14/h7,12,15-16H,1-5H2,(H,13,14). The number of nitrogens with zero attached hydrogens (tertiary/aromatic N) is 1. The Balaban J connectivity index is 2.63. The van der Waals surface area contributed by atoms with E-state index in [0.29, 0.717) is 25.8 Å². The van der Waals surface area contributed by atoms with E-state index in [9.17, 15) is 4.79 Å². The summed E-state index contributed by atoms with van der Waals surface area (Å²) >= 11 is 0. The molecular formula is C9H15BN2O4. The van der Waals surface area contributed by atoms with Crippen molar-refractivity contribution < 1.29 is 19.9 Å². The fourth-order valence-corrected chi connectivity index (χ4v) is 2.15. The van der Waals surface area contributed by atoms with E-state index in [1.54, 1.807) is 0 Å². The monoisotopic (exact) mass is 226 g/mol. The van der Waals surface area contributed by atoms with E-state index in [-0.39, 0.29) is 6.32 Å². The van der Waals surface area contributed by atoms with E-state index in [1.165, 1.54) is 0 Å². The average Bonchev–Trinajstić information content (AvgIpc) is 2.62. The van der Waals surface area contributed by atoms with Crippen LogP contribution >= 0.6 is 0 Å². The van der Waals surface area contributed by atoms with Crippen LogP contribution in [0.4, 0.5) is 0 Å². The number of carbonyl (C=O) groups is 1. The highest BCUT2D eigenvalue weighted by atomic mass is 16.4. The normalized spacial score (nSPS) is 28.7. The maximum absolute atomic E-state index is 11.0. The first kappa shape index (κ1) is 13.0. The van der Waals surface area contributed by atoms with Crippen molar-refractivity contribution in [2.24, 2.45) is 5.41 Å². The molecule has 1 saturated heterocycles. The Morgan fingerprint density at radius 1 is 1.62 bits per heavy atom. The van der Waals surface area contributed by atoms with Gasteiger partial charge in [-0.15, -0.1) is 0 Å². The number of nitriles is 1. The average molecular weight is 226 g/mol. The minimum absolute atomic E-state index is 0.162. The molecule has 4 N–H and O–H groups in total. The molecule has 6 nitrogen and oxygen atoms in total. The SMILES string of the molecule is N#CC1(CCCB(O)O)CCNC1C(=O)O. The summed E-state index contributed by atoms with van der Waals surface area (Å²) in [6.07, 6.45) is 1.44. The molecule has 1 fully saturated rings. The second kappa shape index (κ2) is 5.30. The lowest BCUT2D eigenvalue weighted by Gasteiger charge is -2.24. The molecule has 0 saturated carbocycles. The summed E-state index contributed by atoms with van der Waals surface area (Å²) in [5.41, 5.74) is -0.916. The van der Waals surface area contributed by atoms with Gasteiger partial charge < -0.3 is 20.5 Å². The molecule has 2 atom stereocenters. The smallest absolute Gasteiger partial charge is 0.451 e. The van der Waals surface area contributed by atoms with Gasteiger partial charge in [0.05, 0.1) is 11.5 Å². The zero-order valence-corrected chi connectivity index (χ0v) is 8.89. The molecule has 2 unspecified atom stereocenters. The van der Waals surface area contributed by atoms with E-state index in [2.05, 4.69) is 11.4 Å². The molecule has 16 heavy (non-hydrogen) atoms. The molecule has 0 aliphatic carbocycles. The summed E-state index contributed by atoms with van der Waals surface area (Å²) in [5.74, 6) is -1.02. The van der Waals surface area contributed by atoms with Crippen molar-refractivity contribution in [2.45, 2.75) is 31.6 Å². The van der Waals surface area contributed by atoms with Gasteiger partial charge in [-0.05, 0) is 25.7 Å². The third-order valence-corrected chi connectivity index (χ3v) is 3.03. The predicted molar refractivity (Wildman–Crippen MR) is 56.3 cm³/mol. The topological polar surface area (TPSA) is 114 Å². The van der Waals surface area contributed by atoms with Crippen molar-refractivity contribution >= 4 is 13.1 Å². The van der Waals surface area contributed by atoms with E-state index in [1.807, 2.05) is 0 Å². The molecule has 0 spiro atoms. The van der Waals surface area contributed by atoms with Gasteiger partial charge in [0.15, 0.2) is 0 Å². The van der Waals surface area contributed by atoms with Gasteiger partial charge in [-0.1, -0.05) is 6.42 Å². The lowest BCUT2D eigenvalue weighted by molar-refractivity contribution is -0.141. The quantitative estimate of drug-likeness (QED) is 0.456. The molecular weight excluding hydrogens is 211 g/mol. The Bertz CT molecular complexity index is 304. The van der Waals surface area contributed by atoms with E-state index in [0.717, 1.165) is 0 Å². The zero-order chi connectivity index (χ0) is 12.2. The van der Waals surface area contributed by atoms with Crippen molar-refractivity contribution in [1.82, 2.24) is 5.32 Å². The number of nitrogens with one attached hydrogen (secondary N) is 1. The molecule has 1 heterocycles. The third-order valence-electron chi connectivity index (χ3n) is 3.03. The Labute approximate surface area is 94.0 Å². The fraction of sp³-hybridized carbons (Fsp3) is 0.778. The van der Waals surface area contributed by atoms with Crippen LogP contribution in [0.1, 0.15) is 19.3 Å². The van der Waals surface area contributed by atoms with E-state index >= 15 is 0 Å². The van der Waals surface area contributed by atoms with Crippen LogP contribution in [0.2, 0.25) is 6.32 Å². The molecule has 1 aliphatic rings. The van der Waals surface area contributed by atoms with Crippen LogP contribution in [-0.2, 0) is 4.79 Å². The Morgan fingerprint density at radius 3 is 2.81 bits per heavy atom. The molecule has 88 valence electrons. The van der Waals surface area contributed by atoms with Crippen LogP contribution < -0.4 is 5.32 Å². The molecule has 0 aromatic carbocycles. The van der Waals surface area contributed by atoms with Crippen molar-refractivity contribution in [2.75, 3.05) is 6.54 Å². The van der Waals surface area contributed by atoms with Crippen molar-refractivity contribution in [1.29, 1.82) is 5.26 Å². The molecule has 1 rings (SSSR count). The summed E-state index contributed by atoms with van der Waals surface area (Å²) in [7, 11) is -1.40. The number of hydrogen-bond donors (Lipinski definition) is 4. The molecule has 7 heteroatoms. The summed E-state index contributed by atoms with van der Waals surface area (Å²) < 4.78 is 0. The van der Waals surface area contributed by atoms with Crippen LogP contribution in [-0.4, -0.2) is 40.8 Å². The van der Waals surface area contributed by atoms with Gasteiger partial charge in [-0.3, -0.25) is 4.79 Å². The summed E-state index contributed by atoms with van der Waals surface area (Å²) in [4.78, 5) is 11.0. The van der Waals surface area contributed by atoms with Crippen LogP contribution in [0.15, 0.2) is 0 Å². The minimum atomic E-state index is -1.40. The lowest BCUT2D eigenvalue weighted by Crippen LogP contribution is -2.42. The maximum atomic E-state index is 11.0. The highest BCUT2D eigenvalue weighted by molar-refractivity contribution is 6.40. The van der Waals surface area contributed by atoms with E-state index in [4.69, 9.17) is 20.4 Å². The number of hydrogen-bond acceptors (Lipinski definition) is 5. The van der Waals surface area contributed by atoms with Gasteiger partial charge in [-0.25, -0.2) is 0 Å². The Kier molecular flexibility index (Phi) is 4.30. The largest absolute Gasteiger partial charge is 0.480 e. The molecule has 0 aromatic heterocycles. The molecule has 0 aromatic rings. The Hall–Kier alpha value is -1.10. The van der Waals surface area contributed by atoms with Gasteiger partial charge in [0, 0.05) is 0 Å². The Morgan fingerprint density at radius 2 is 2.31 bits per heavy atom. The summed E-state index contributed by atoms with van der Waals surface area (Å²) in [6.45, 7) is 0.506. The van der Waals surface area contributed by atoms with Gasteiger partial charge in [0.25, 0.3) is 0 Å². The van der Waals surface area contributed by atoms with Gasteiger partial charge in [-0.2, -0.15) is 5.26 Å². The van der Waals surface area contributed by atoms with Crippen LogP contribution in [0, 0.1) is 16.7 Å². The van der Waals surface area contributed by atoms with Crippen molar-refractivity contribution in [3.63, 3.8) is 0 Å². The highest BCUT2D eigenvalue weighted by Crippen LogP contribution is 2.36. The maximum Gasteiger partial charge on any atom is 0.451 e. The van der Waals surface area contributed by atoms with Crippen LogP contribution in [0.25, 0.3) is 0 Å². The van der Waals surface area contributed by atoms with Gasteiger partial charge >= 0.3 is 13.1 Å². The van der Waals surface area contributed by atoms with Crippen LogP contribution in [0.5, 0.6) is 0 Å². The van der Waals surface area contributed by atoms with Crippen LogP contribution in [0.3, 0.4) is 0 Å². The molecule has 0 radical (unpaired) electrons. The fourth-order valence-electron chi connectivity index (χ4n) is 2.15. The number of carboxylic acids is 1. The summed E-state index contributed by atoms with van der Waals surface area (Å²) in [5, 5.41) is 38.3. The lowest BCUT2D eigenvalue weighted by atomic mass is 9.74. The first-order chi connectivity index (χ1) is 7.52. The number of carboxylic acid groups (broad SMARTS) is 1. The van der Waals surface area contributed by atoms with Crippen molar-refractivity contribution in [3.8, 4) is 6.07 Å². The molecule has 0 amide bonds. The first-order valence-electron chi connectivity index (χ1n) is 5.25. The molecule has 0 bridgehead atoms. The third kappa shape index (κ3) is 2.73. The minimum Gasteiger partial charge on any atom is -0.480 e. The second-order valence-electron chi connectivity index (χ2n) is 4.12. The number of rotatable bonds is 5. The number of aliphatic carboxylic acids is 1.